The molecule has 0 radical (unpaired) electrons. The lowest BCUT2D eigenvalue weighted by molar-refractivity contribution is 0.300. The highest BCUT2D eigenvalue weighted by Gasteiger charge is 2.23. The third-order valence-corrected chi connectivity index (χ3v) is 4.36. The SMILES string of the molecule is CCCC1CCN(CC(N)c2cc(C)ccc2C)C1. The van der Waals surface area contributed by atoms with Gasteiger partial charge in [0.25, 0.3) is 0 Å². The van der Waals surface area contributed by atoms with Crippen LogP contribution in [0.1, 0.15) is 48.9 Å². The normalized spacial score (nSPS) is 21.8. The third-order valence-electron chi connectivity index (χ3n) is 4.36. The fraction of sp³-hybridized carbons (Fsp3) is 0.647. The van der Waals surface area contributed by atoms with Crippen LogP contribution in [0.15, 0.2) is 18.2 Å². The van der Waals surface area contributed by atoms with Gasteiger partial charge in [-0.15, -0.1) is 0 Å². The van der Waals surface area contributed by atoms with Crippen LogP contribution in [-0.2, 0) is 0 Å². The number of rotatable bonds is 5. The predicted molar refractivity (Wildman–Crippen MR) is 82.3 cm³/mol. The van der Waals surface area contributed by atoms with Crippen LogP contribution in [0.2, 0.25) is 0 Å². The lowest BCUT2D eigenvalue weighted by atomic mass is 9.99. The molecular formula is C17H28N2. The molecule has 0 aromatic heterocycles. The molecule has 0 saturated carbocycles. The number of aryl methyl sites for hydroxylation is 2. The first-order valence-corrected chi connectivity index (χ1v) is 7.65. The van der Waals surface area contributed by atoms with Gasteiger partial charge >= 0.3 is 0 Å². The standard InChI is InChI=1S/C17H28N2/c1-4-5-15-8-9-19(11-15)12-17(18)16-10-13(2)6-7-14(16)3/h6-7,10,15,17H,4-5,8-9,11-12,18H2,1-3H3. The third kappa shape index (κ3) is 3.80. The summed E-state index contributed by atoms with van der Waals surface area (Å²) in [7, 11) is 0. The highest BCUT2D eigenvalue weighted by Crippen LogP contribution is 2.24. The maximum atomic E-state index is 6.42. The monoisotopic (exact) mass is 260 g/mol. The Labute approximate surface area is 118 Å². The summed E-state index contributed by atoms with van der Waals surface area (Å²) < 4.78 is 0. The lowest BCUT2D eigenvalue weighted by Crippen LogP contribution is -2.31. The highest BCUT2D eigenvalue weighted by atomic mass is 15.2. The summed E-state index contributed by atoms with van der Waals surface area (Å²) >= 11 is 0. The first kappa shape index (κ1) is 14.5. The summed E-state index contributed by atoms with van der Waals surface area (Å²) in [6.45, 7) is 10.1. The second-order valence-electron chi connectivity index (χ2n) is 6.17. The summed E-state index contributed by atoms with van der Waals surface area (Å²) in [5.74, 6) is 0.899. The van der Waals surface area contributed by atoms with E-state index in [4.69, 9.17) is 5.73 Å². The number of nitrogens with zero attached hydrogens (tertiary/aromatic N) is 1. The van der Waals surface area contributed by atoms with Crippen LogP contribution in [-0.4, -0.2) is 24.5 Å². The van der Waals surface area contributed by atoms with E-state index in [0.717, 1.165) is 12.5 Å². The Kier molecular flexibility index (Phi) is 5.00. The quantitative estimate of drug-likeness (QED) is 0.879. The number of hydrogen-bond acceptors (Lipinski definition) is 2. The maximum Gasteiger partial charge on any atom is 0.0427 e. The zero-order valence-corrected chi connectivity index (χ0v) is 12.7. The molecule has 106 valence electrons. The molecule has 2 nitrogen and oxygen atoms in total. The first-order chi connectivity index (χ1) is 9.10. The van der Waals surface area contributed by atoms with Crippen LogP contribution >= 0.6 is 0 Å². The minimum atomic E-state index is 0.153. The van der Waals surface area contributed by atoms with Crippen molar-refractivity contribution in [2.24, 2.45) is 11.7 Å². The van der Waals surface area contributed by atoms with Crippen LogP contribution in [0.3, 0.4) is 0 Å². The zero-order valence-electron chi connectivity index (χ0n) is 12.7. The van der Waals surface area contributed by atoms with Gasteiger partial charge in [0, 0.05) is 19.1 Å². The van der Waals surface area contributed by atoms with Crippen molar-refractivity contribution in [2.75, 3.05) is 19.6 Å². The van der Waals surface area contributed by atoms with Crippen molar-refractivity contribution < 1.29 is 0 Å². The van der Waals surface area contributed by atoms with Gasteiger partial charge in [0.1, 0.15) is 0 Å². The van der Waals surface area contributed by atoms with Gasteiger partial charge in [-0.1, -0.05) is 37.1 Å². The summed E-state index contributed by atoms with van der Waals surface area (Å²) in [6.07, 6.45) is 4.03. The van der Waals surface area contributed by atoms with Crippen LogP contribution < -0.4 is 5.73 Å². The average Bonchev–Trinajstić information content (AvgIpc) is 2.80. The minimum absolute atomic E-state index is 0.153. The van der Waals surface area contributed by atoms with Gasteiger partial charge in [0.05, 0.1) is 0 Å². The molecule has 1 aromatic rings. The Morgan fingerprint density at radius 1 is 1.37 bits per heavy atom. The molecule has 1 saturated heterocycles. The van der Waals surface area contributed by atoms with E-state index < -0.39 is 0 Å². The molecule has 1 aliphatic rings. The van der Waals surface area contributed by atoms with Crippen molar-refractivity contribution in [3.63, 3.8) is 0 Å². The Hall–Kier alpha value is -0.860. The maximum absolute atomic E-state index is 6.42. The second kappa shape index (κ2) is 6.53. The molecule has 2 rings (SSSR count). The molecule has 2 N–H and O–H groups in total. The highest BCUT2D eigenvalue weighted by molar-refractivity contribution is 5.33. The predicted octanol–water partition coefficient (Wildman–Crippen LogP) is 3.43. The molecule has 0 aliphatic carbocycles. The molecule has 0 bridgehead atoms. The Morgan fingerprint density at radius 3 is 2.89 bits per heavy atom. The van der Waals surface area contributed by atoms with Gasteiger partial charge in [-0.3, -0.25) is 0 Å². The topological polar surface area (TPSA) is 29.3 Å². The van der Waals surface area contributed by atoms with E-state index in [-0.39, 0.29) is 6.04 Å². The summed E-state index contributed by atoms with van der Waals surface area (Å²) in [5, 5.41) is 0. The molecule has 1 heterocycles. The molecule has 19 heavy (non-hydrogen) atoms. The van der Waals surface area contributed by atoms with Crippen LogP contribution in [0.4, 0.5) is 0 Å². The van der Waals surface area contributed by atoms with E-state index in [1.165, 1.54) is 49.0 Å². The number of benzene rings is 1. The van der Waals surface area contributed by atoms with Crippen molar-refractivity contribution >= 4 is 0 Å². The summed E-state index contributed by atoms with van der Waals surface area (Å²) in [5.41, 5.74) is 10.4. The Balaban J connectivity index is 1.94. The van der Waals surface area contributed by atoms with E-state index in [0.29, 0.717) is 0 Å². The lowest BCUT2D eigenvalue weighted by Gasteiger charge is -2.22. The molecule has 2 heteroatoms. The van der Waals surface area contributed by atoms with E-state index in [2.05, 4.69) is 43.9 Å². The molecule has 2 unspecified atom stereocenters. The smallest absolute Gasteiger partial charge is 0.0427 e. The molecule has 1 fully saturated rings. The molecule has 1 aliphatic heterocycles. The van der Waals surface area contributed by atoms with Crippen molar-refractivity contribution in [3.05, 3.63) is 34.9 Å². The minimum Gasteiger partial charge on any atom is -0.323 e. The summed E-state index contributed by atoms with van der Waals surface area (Å²) in [4.78, 5) is 2.55. The zero-order chi connectivity index (χ0) is 13.8. The van der Waals surface area contributed by atoms with Crippen molar-refractivity contribution in [3.8, 4) is 0 Å². The van der Waals surface area contributed by atoms with Crippen LogP contribution in [0, 0.1) is 19.8 Å². The fourth-order valence-electron chi connectivity index (χ4n) is 3.26. The number of likely N-dealkylation sites (tertiary alicyclic amines) is 1. The van der Waals surface area contributed by atoms with E-state index >= 15 is 0 Å². The van der Waals surface area contributed by atoms with Gasteiger partial charge in [-0.2, -0.15) is 0 Å². The van der Waals surface area contributed by atoms with E-state index in [1.807, 2.05) is 0 Å². The largest absolute Gasteiger partial charge is 0.323 e. The number of hydrogen-bond donors (Lipinski definition) is 1. The second-order valence-corrected chi connectivity index (χ2v) is 6.17. The van der Waals surface area contributed by atoms with Crippen molar-refractivity contribution in [1.29, 1.82) is 0 Å². The van der Waals surface area contributed by atoms with Crippen LogP contribution in [0.25, 0.3) is 0 Å². The van der Waals surface area contributed by atoms with E-state index in [9.17, 15) is 0 Å². The van der Waals surface area contributed by atoms with Crippen molar-refractivity contribution in [1.82, 2.24) is 4.90 Å². The van der Waals surface area contributed by atoms with Gasteiger partial charge < -0.3 is 10.6 Å². The van der Waals surface area contributed by atoms with Gasteiger partial charge in [0.15, 0.2) is 0 Å². The van der Waals surface area contributed by atoms with Gasteiger partial charge in [0.2, 0.25) is 0 Å². The molecule has 0 amide bonds. The molecule has 0 spiro atoms. The fourth-order valence-corrected chi connectivity index (χ4v) is 3.26. The number of nitrogens with two attached hydrogens (primary N) is 1. The van der Waals surface area contributed by atoms with Crippen LogP contribution in [0.5, 0.6) is 0 Å². The van der Waals surface area contributed by atoms with Gasteiger partial charge in [-0.05, 0) is 50.3 Å². The summed E-state index contributed by atoms with van der Waals surface area (Å²) in [6, 6.07) is 6.76. The molecule has 2 atom stereocenters. The first-order valence-electron chi connectivity index (χ1n) is 7.65. The molecule has 1 aromatic carbocycles. The average molecular weight is 260 g/mol. The van der Waals surface area contributed by atoms with Gasteiger partial charge in [-0.25, -0.2) is 0 Å². The van der Waals surface area contributed by atoms with E-state index in [1.54, 1.807) is 0 Å². The van der Waals surface area contributed by atoms with Crippen molar-refractivity contribution in [2.45, 2.75) is 46.1 Å². The Morgan fingerprint density at radius 2 is 2.16 bits per heavy atom. The molecular weight excluding hydrogens is 232 g/mol. The Bertz CT molecular complexity index is 414.